The largest absolute Gasteiger partial charge is 0.470 e. The maximum absolute atomic E-state index is 12.9. The third-order valence-corrected chi connectivity index (χ3v) is 4.84. The van der Waals surface area contributed by atoms with Gasteiger partial charge in [-0.1, -0.05) is 11.2 Å². The highest BCUT2D eigenvalue weighted by atomic mass is 19.4. The SMILES string of the molecule is Cc1cccn2nc(C3c4nc[nH]c4CCN3c3nnc(C(F)(F)F)o3)cc12. The van der Waals surface area contributed by atoms with Crippen LogP contribution in [0.3, 0.4) is 0 Å². The number of hydrogen-bond donors (Lipinski definition) is 1. The molecule has 1 atom stereocenters. The van der Waals surface area contributed by atoms with Gasteiger partial charge in [0.2, 0.25) is 0 Å². The summed E-state index contributed by atoms with van der Waals surface area (Å²) in [6, 6.07) is 4.99. The molecule has 28 heavy (non-hydrogen) atoms. The second-order valence-electron chi connectivity index (χ2n) is 6.59. The molecule has 0 saturated carbocycles. The molecule has 0 aromatic carbocycles. The first-order valence-electron chi connectivity index (χ1n) is 8.56. The molecule has 144 valence electrons. The molecule has 0 spiro atoms. The third-order valence-electron chi connectivity index (χ3n) is 4.84. The van der Waals surface area contributed by atoms with Crippen molar-refractivity contribution in [2.75, 3.05) is 11.4 Å². The lowest BCUT2D eigenvalue weighted by molar-refractivity contribution is -0.157. The monoisotopic (exact) mass is 389 g/mol. The average Bonchev–Trinajstić information content (AvgIpc) is 3.38. The molecule has 0 aliphatic carbocycles. The van der Waals surface area contributed by atoms with Crippen LogP contribution in [0.1, 0.15) is 34.6 Å². The maximum Gasteiger partial charge on any atom is 0.470 e. The Hall–Kier alpha value is -3.37. The number of aryl methyl sites for hydroxylation is 1. The Labute approximate surface area is 156 Å². The standard InChI is InChI=1S/C17H14F3N7O/c1-9-3-2-5-27-12(9)7-11(25-27)14-13-10(21-8-22-13)4-6-26(14)16-24-23-15(28-16)17(18,19)20/h2-3,5,7-8,14H,4,6H2,1H3,(H,21,22). The summed E-state index contributed by atoms with van der Waals surface area (Å²) in [5.74, 6) is -1.38. The van der Waals surface area contributed by atoms with E-state index in [-0.39, 0.29) is 6.01 Å². The second kappa shape index (κ2) is 5.81. The first-order valence-corrected chi connectivity index (χ1v) is 8.56. The van der Waals surface area contributed by atoms with E-state index in [4.69, 9.17) is 4.42 Å². The van der Waals surface area contributed by atoms with Gasteiger partial charge in [0.1, 0.15) is 6.04 Å². The summed E-state index contributed by atoms with van der Waals surface area (Å²) < 4.78 is 45.4. The Morgan fingerprint density at radius 2 is 2.14 bits per heavy atom. The Kier molecular flexibility index (Phi) is 3.48. The summed E-state index contributed by atoms with van der Waals surface area (Å²) in [4.78, 5) is 9.08. The van der Waals surface area contributed by atoms with Gasteiger partial charge in [-0.25, -0.2) is 9.50 Å². The van der Waals surface area contributed by atoms with Crippen molar-refractivity contribution >= 4 is 11.5 Å². The van der Waals surface area contributed by atoms with Crippen LogP contribution in [0, 0.1) is 6.92 Å². The fourth-order valence-electron chi connectivity index (χ4n) is 3.54. The van der Waals surface area contributed by atoms with Crippen LogP contribution in [0.4, 0.5) is 19.2 Å². The van der Waals surface area contributed by atoms with E-state index in [0.717, 1.165) is 16.8 Å². The van der Waals surface area contributed by atoms with Crippen molar-refractivity contribution in [1.29, 1.82) is 0 Å². The van der Waals surface area contributed by atoms with Gasteiger partial charge in [-0.05, 0) is 24.6 Å². The first kappa shape index (κ1) is 16.8. The molecule has 0 fully saturated rings. The minimum atomic E-state index is -4.70. The van der Waals surface area contributed by atoms with Crippen LogP contribution in [-0.2, 0) is 12.6 Å². The number of nitrogens with zero attached hydrogens (tertiary/aromatic N) is 6. The van der Waals surface area contributed by atoms with E-state index in [0.29, 0.717) is 24.4 Å². The van der Waals surface area contributed by atoms with E-state index in [9.17, 15) is 13.2 Å². The predicted octanol–water partition coefficient (Wildman–Crippen LogP) is 2.92. The molecule has 4 aromatic heterocycles. The zero-order valence-electron chi connectivity index (χ0n) is 14.6. The smallest absolute Gasteiger partial charge is 0.399 e. The van der Waals surface area contributed by atoms with E-state index < -0.39 is 18.1 Å². The van der Waals surface area contributed by atoms with Crippen LogP contribution in [0.15, 0.2) is 35.1 Å². The average molecular weight is 389 g/mol. The summed E-state index contributed by atoms with van der Waals surface area (Å²) >= 11 is 0. The molecule has 8 nitrogen and oxygen atoms in total. The maximum atomic E-state index is 12.9. The number of anilines is 1. The number of rotatable bonds is 2. The zero-order chi connectivity index (χ0) is 19.5. The molecule has 4 aromatic rings. The first-order chi connectivity index (χ1) is 13.4. The van der Waals surface area contributed by atoms with E-state index in [1.807, 2.05) is 31.3 Å². The van der Waals surface area contributed by atoms with Crippen molar-refractivity contribution in [2.45, 2.75) is 25.6 Å². The lowest BCUT2D eigenvalue weighted by Crippen LogP contribution is -2.37. The number of H-pyrrole nitrogens is 1. The van der Waals surface area contributed by atoms with Gasteiger partial charge in [0.05, 0.1) is 23.2 Å². The summed E-state index contributed by atoms with van der Waals surface area (Å²) in [6.07, 6.45) is -0.758. The Bertz CT molecular complexity index is 1160. The Balaban J connectivity index is 1.64. The lowest BCUT2D eigenvalue weighted by Gasteiger charge is -2.32. The molecule has 1 aliphatic heterocycles. The van der Waals surface area contributed by atoms with Crippen LogP contribution < -0.4 is 4.90 Å². The highest BCUT2D eigenvalue weighted by Crippen LogP contribution is 2.38. The predicted molar refractivity (Wildman–Crippen MR) is 90.7 cm³/mol. The van der Waals surface area contributed by atoms with Crippen LogP contribution >= 0.6 is 0 Å². The van der Waals surface area contributed by atoms with Gasteiger partial charge < -0.3 is 14.3 Å². The number of aromatic amines is 1. The van der Waals surface area contributed by atoms with E-state index in [2.05, 4.69) is 25.3 Å². The number of hydrogen-bond acceptors (Lipinski definition) is 6. The fourth-order valence-corrected chi connectivity index (χ4v) is 3.54. The second-order valence-corrected chi connectivity index (χ2v) is 6.59. The zero-order valence-corrected chi connectivity index (χ0v) is 14.6. The van der Waals surface area contributed by atoms with Crippen molar-refractivity contribution in [3.63, 3.8) is 0 Å². The quantitative estimate of drug-likeness (QED) is 0.567. The van der Waals surface area contributed by atoms with Gasteiger partial charge in [-0.2, -0.15) is 18.3 Å². The van der Waals surface area contributed by atoms with Crippen molar-refractivity contribution < 1.29 is 17.6 Å². The highest BCUT2D eigenvalue weighted by Gasteiger charge is 2.41. The molecule has 0 amide bonds. The number of aromatic nitrogens is 6. The molecule has 0 bridgehead atoms. The molecule has 11 heteroatoms. The summed E-state index contributed by atoms with van der Waals surface area (Å²) in [7, 11) is 0. The third kappa shape index (κ3) is 2.53. The lowest BCUT2D eigenvalue weighted by atomic mass is 10.00. The molecular weight excluding hydrogens is 375 g/mol. The minimum Gasteiger partial charge on any atom is -0.399 e. The Morgan fingerprint density at radius 3 is 2.89 bits per heavy atom. The highest BCUT2D eigenvalue weighted by molar-refractivity contribution is 5.56. The van der Waals surface area contributed by atoms with Crippen molar-refractivity contribution in [3.8, 4) is 0 Å². The number of halogens is 3. The molecular formula is C17H14F3N7O. The fraction of sp³-hybridized carbons (Fsp3) is 0.294. The van der Waals surface area contributed by atoms with Gasteiger partial charge >= 0.3 is 18.1 Å². The van der Waals surface area contributed by atoms with Gasteiger partial charge in [-0.15, -0.1) is 5.10 Å². The van der Waals surface area contributed by atoms with Gasteiger partial charge in [0.15, 0.2) is 0 Å². The topological polar surface area (TPSA) is 88.1 Å². The van der Waals surface area contributed by atoms with Crippen molar-refractivity contribution in [2.24, 2.45) is 0 Å². The number of alkyl halides is 3. The summed E-state index contributed by atoms with van der Waals surface area (Å²) in [5.41, 5.74) is 4.16. The van der Waals surface area contributed by atoms with Crippen LogP contribution in [0.25, 0.3) is 5.52 Å². The molecule has 1 unspecified atom stereocenters. The molecule has 5 rings (SSSR count). The van der Waals surface area contributed by atoms with Crippen LogP contribution in [-0.4, -0.2) is 36.3 Å². The van der Waals surface area contributed by atoms with Crippen LogP contribution in [0.2, 0.25) is 0 Å². The van der Waals surface area contributed by atoms with Gasteiger partial charge in [0.25, 0.3) is 0 Å². The number of pyridine rings is 1. The summed E-state index contributed by atoms with van der Waals surface area (Å²) in [5, 5.41) is 11.4. The normalized spacial score (nSPS) is 17.3. The summed E-state index contributed by atoms with van der Waals surface area (Å²) in [6.45, 7) is 2.35. The molecule has 0 saturated heterocycles. The van der Waals surface area contributed by atoms with E-state index in [1.165, 1.54) is 0 Å². The minimum absolute atomic E-state index is 0.209. The van der Waals surface area contributed by atoms with Crippen molar-refractivity contribution in [3.05, 3.63) is 59.3 Å². The van der Waals surface area contributed by atoms with E-state index in [1.54, 1.807) is 15.7 Å². The number of nitrogens with one attached hydrogen (secondary N) is 1. The Morgan fingerprint density at radius 1 is 1.29 bits per heavy atom. The molecule has 5 heterocycles. The van der Waals surface area contributed by atoms with E-state index >= 15 is 0 Å². The van der Waals surface area contributed by atoms with Gasteiger partial charge in [0, 0.05) is 24.9 Å². The van der Waals surface area contributed by atoms with Crippen molar-refractivity contribution in [1.82, 2.24) is 29.8 Å². The molecule has 1 N–H and O–H groups in total. The molecule has 0 radical (unpaired) electrons. The number of fused-ring (bicyclic) bond motifs is 2. The molecule has 1 aliphatic rings. The number of imidazole rings is 1. The van der Waals surface area contributed by atoms with Crippen LogP contribution in [0.5, 0.6) is 0 Å². The van der Waals surface area contributed by atoms with Gasteiger partial charge in [-0.3, -0.25) is 0 Å².